The first-order valence-corrected chi connectivity index (χ1v) is 9.00. The quantitative estimate of drug-likeness (QED) is 0.785. The first kappa shape index (κ1) is 16.2. The monoisotopic (exact) mass is 303 g/mol. The van der Waals surface area contributed by atoms with Gasteiger partial charge in [0.05, 0.1) is 0 Å². The second kappa shape index (κ2) is 5.91. The molecular weight excluding hydrogens is 274 g/mol. The molecule has 0 radical (unpaired) electrons. The van der Waals surface area contributed by atoms with Crippen LogP contribution in [0.3, 0.4) is 0 Å². The molecule has 1 atom stereocenters. The van der Waals surface area contributed by atoms with Crippen LogP contribution in [-0.2, 0) is 10.2 Å². The summed E-state index contributed by atoms with van der Waals surface area (Å²) in [5.74, 6) is 0.465. The fourth-order valence-electron chi connectivity index (χ4n) is 3.91. The standard InChI is InChI=1S/C14H29N3O2S/c1-15(2)10-13-11-17(20(18,19)16(3)4)12-14(13)8-6-5-7-9-14/h13H,5-12H2,1-4H3. The summed E-state index contributed by atoms with van der Waals surface area (Å²) in [7, 11) is 4.15. The van der Waals surface area contributed by atoms with E-state index in [9.17, 15) is 8.42 Å². The summed E-state index contributed by atoms with van der Waals surface area (Å²) >= 11 is 0. The average Bonchev–Trinajstić information content (AvgIpc) is 2.69. The third-order valence-electron chi connectivity index (χ3n) is 5.00. The van der Waals surface area contributed by atoms with Gasteiger partial charge in [0.1, 0.15) is 0 Å². The molecule has 1 spiro atoms. The molecule has 0 N–H and O–H groups in total. The first-order chi connectivity index (χ1) is 9.28. The lowest BCUT2D eigenvalue weighted by Gasteiger charge is -2.39. The van der Waals surface area contributed by atoms with Crippen molar-refractivity contribution >= 4 is 10.2 Å². The Labute approximate surface area is 124 Å². The van der Waals surface area contributed by atoms with Crippen molar-refractivity contribution in [3.8, 4) is 0 Å². The lowest BCUT2D eigenvalue weighted by molar-refractivity contribution is 0.122. The Kier molecular flexibility index (Phi) is 4.79. The van der Waals surface area contributed by atoms with Crippen LogP contribution < -0.4 is 0 Å². The molecule has 5 nitrogen and oxygen atoms in total. The van der Waals surface area contributed by atoms with E-state index in [1.807, 2.05) is 0 Å². The van der Waals surface area contributed by atoms with Crippen LogP contribution in [0.5, 0.6) is 0 Å². The Balaban J connectivity index is 2.22. The van der Waals surface area contributed by atoms with Gasteiger partial charge in [-0.2, -0.15) is 17.0 Å². The van der Waals surface area contributed by atoms with E-state index in [-0.39, 0.29) is 5.41 Å². The summed E-state index contributed by atoms with van der Waals surface area (Å²) in [6.07, 6.45) is 6.17. The Morgan fingerprint density at radius 2 is 1.70 bits per heavy atom. The van der Waals surface area contributed by atoms with Gasteiger partial charge in [-0.25, -0.2) is 0 Å². The smallest absolute Gasteiger partial charge is 0.281 e. The Hall–Kier alpha value is -0.170. The molecule has 6 heteroatoms. The second-order valence-corrected chi connectivity index (χ2v) is 9.11. The molecule has 118 valence electrons. The number of hydrogen-bond acceptors (Lipinski definition) is 3. The molecule has 1 unspecified atom stereocenters. The maximum atomic E-state index is 12.4. The average molecular weight is 303 g/mol. The number of rotatable bonds is 4. The third kappa shape index (κ3) is 3.03. The number of nitrogens with zero attached hydrogens (tertiary/aromatic N) is 3. The van der Waals surface area contributed by atoms with Crippen LogP contribution >= 0.6 is 0 Å². The van der Waals surface area contributed by atoms with Gasteiger partial charge in [-0.3, -0.25) is 0 Å². The van der Waals surface area contributed by atoms with Crippen molar-refractivity contribution in [2.45, 2.75) is 32.1 Å². The Morgan fingerprint density at radius 3 is 2.20 bits per heavy atom. The van der Waals surface area contributed by atoms with E-state index in [0.29, 0.717) is 19.0 Å². The molecule has 2 fully saturated rings. The van der Waals surface area contributed by atoms with Gasteiger partial charge in [-0.15, -0.1) is 0 Å². The van der Waals surface area contributed by atoms with Gasteiger partial charge >= 0.3 is 0 Å². The van der Waals surface area contributed by atoms with Crippen LogP contribution in [-0.4, -0.2) is 69.8 Å². The summed E-state index contributed by atoms with van der Waals surface area (Å²) < 4.78 is 27.9. The van der Waals surface area contributed by atoms with Crippen molar-refractivity contribution in [3.05, 3.63) is 0 Å². The highest BCUT2D eigenvalue weighted by molar-refractivity contribution is 7.86. The van der Waals surface area contributed by atoms with Crippen molar-refractivity contribution < 1.29 is 8.42 Å². The summed E-state index contributed by atoms with van der Waals surface area (Å²) in [5.41, 5.74) is 0.214. The van der Waals surface area contributed by atoms with Crippen molar-refractivity contribution in [1.82, 2.24) is 13.5 Å². The van der Waals surface area contributed by atoms with Crippen LogP contribution in [0.2, 0.25) is 0 Å². The molecule has 0 bridgehead atoms. The fourth-order valence-corrected chi connectivity index (χ4v) is 5.16. The minimum atomic E-state index is -3.27. The lowest BCUT2D eigenvalue weighted by atomic mass is 9.67. The predicted octanol–water partition coefficient (Wildman–Crippen LogP) is 1.24. The largest absolute Gasteiger partial charge is 0.309 e. The molecule has 1 saturated carbocycles. The van der Waals surface area contributed by atoms with E-state index >= 15 is 0 Å². The molecule has 2 aliphatic rings. The highest BCUT2D eigenvalue weighted by Crippen LogP contribution is 2.48. The van der Waals surface area contributed by atoms with Crippen LogP contribution in [0.25, 0.3) is 0 Å². The molecular formula is C14H29N3O2S. The van der Waals surface area contributed by atoms with Crippen molar-refractivity contribution in [1.29, 1.82) is 0 Å². The summed E-state index contributed by atoms with van der Waals surface area (Å²) in [6, 6.07) is 0. The van der Waals surface area contributed by atoms with Crippen molar-refractivity contribution in [3.63, 3.8) is 0 Å². The summed E-state index contributed by atoms with van der Waals surface area (Å²) in [4.78, 5) is 2.20. The predicted molar refractivity (Wildman–Crippen MR) is 81.7 cm³/mol. The van der Waals surface area contributed by atoms with Gasteiger partial charge in [0.2, 0.25) is 0 Å². The maximum Gasteiger partial charge on any atom is 0.281 e. The molecule has 1 aliphatic heterocycles. The highest BCUT2D eigenvalue weighted by Gasteiger charge is 2.50. The van der Waals surface area contributed by atoms with Gasteiger partial charge in [0.15, 0.2) is 0 Å². The molecule has 20 heavy (non-hydrogen) atoms. The normalized spacial score (nSPS) is 27.8. The zero-order valence-corrected chi connectivity index (χ0v) is 14.1. The van der Waals surface area contributed by atoms with E-state index in [4.69, 9.17) is 0 Å². The third-order valence-corrected chi connectivity index (χ3v) is 6.86. The van der Waals surface area contributed by atoms with E-state index in [1.165, 1.54) is 36.4 Å². The topological polar surface area (TPSA) is 43.9 Å². The zero-order chi connectivity index (χ0) is 15.0. The second-order valence-electron chi connectivity index (χ2n) is 6.96. The van der Waals surface area contributed by atoms with Gasteiger partial charge in [-0.05, 0) is 38.3 Å². The molecule has 1 saturated heterocycles. The fraction of sp³-hybridized carbons (Fsp3) is 1.00. The molecule has 0 aromatic heterocycles. The van der Waals surface area contributed by atoms with Crippen LogP contribution in [0.4, 0.5) is 0 Å². The van der Waals surface area contributed by atoms with Crippen LogP contribution in [0.1, 0.15) is 32.1 Å². The SMILES string of the molecule is CN(C)CC1CN(S(=O)(=O)N(C)C)CC12CCCCC2. The summed E-state index contributed by atoms with van der Waals surface area (Å²) in [6.45, 7) is 2.38. The van der Waals surface area contributed by atoms with Gasteiger partial charge < -0.3 is 4.90 Å². The Morgan fingerprint density at radius 1 is 1.10 bits per heavy atom. The van der Waals surface area contributed by atoms with Crippen molar-refractivity contribution in [2.24, 2.45) is 11.3 Å². The number of hydrogen-bond donors (Lipinski definition) is 0. The first-order valence-electron chi connectivity index (χ1n) is 7.60. The molecule has 1 aliphatic carbocycles. The van der Waals surface area contributed by atoms with E-state index in [1.54, 1.807) is 18.4 Å². The highest BCUT2D eigenvalue weighted by atomic mass is 32.2. The maximum absolute atomic E-state index is 12.4. The Bertz CT molecular complexity index is 428. The van der Waals surface area contributed by atoms with E-state index in [2.05, 4.69) is 19.0 Å². The summed E-state index contributed by atoms with van der Waals surface area (Å²) in [5, 5.41) is 0. The van der Waals surface area contributed by atoms with Gasteiger partial charge in [0, 0.05) is 33.7 Å². The zero-order valence-electron chi connectivity index (χ0n) is 13.3. The van der Waals surface area contributed by atoms with E-state index < -0.39 is 10.2 Å². The molecule has 0 amide bonds. The minimum absolute atomic E-state index is 0.214. The molecule has 2 rings (SSSR count). The van der Waals surface area contributed by atoms with Crippen LogP contribution in [0, 0.1) is 11.3 Å². The lowest BCUT2D eigenvalue weighted by Crippen LogP contribution is -2.40. The van der Waals surface area contributed by atoms with Crippen LogP contribution in [0.15, 0.2) is 0 Å². The van der Waals surface area contributed by atoms with E-state index in [0.717, 1.165) is 6.54 Å². The molecule has 0 aromatic carbocycles. The van der Waals surface area contributed by atoms with Crippen molar-refractivity contribution in [2.75, 3.05) is 47.8 Å². The minimum Gasteiger partial charge on any atom is -0.309 e. The molecule has 1 heterocycles. The van der Waals surface area contributed by atoms with Gasteiger partial charge in [-0.1, -0.05) is 19.3 Å². The molecule has 0 aromatic rings. The van der Waals surface area contributed by atoms with Gasteiger partial charge in [0.25, 0.3) is 10.2 Å².